The first-order chi connectivity index (χ1) is 15.1. The summed E-state index contributed by atoms with van der Waals surface area (Å²) in [6.07, 6.45) is 0. The fourth-order valence-electron chi connectivity index (χ4n) is 3.88. The molecule has 1 aliphatic rings. The molecule has 4 rings (SSSR count). The summed E-state index contributed by atoms with van der Waals surface area (Å²) in [5.41, 5.74) is 4.81. The lowest BCUT2D eigenvalue weighted by Gasteiger charge is -2.38. The van der Waals surface area contributed by atoms with Gasteiger partial charge in [0.1, 0.15) is 5.75 Å². The summed E-state index contributed by atoms with van der Waals surface area (Å²) in [6, 6.07) is 19.8. The first-order valence-corrected chi connectivity index (χ1v) is 10.4. The van der Waals surface area contributed by atoms with Gasteiger partial charge in [-0.05, 0) is 37.3 Å². The van der Waals surface area contributed by atoms with Crippen LogP contribution < -0.4 is 19.3 Å². The van der Waals surface area contributed by atoms with Gasteiger partial charge in [0.15, 0.2) is 5.78 Å². The fourth-order valence-corrected chi connectivity index (χ4v) is 3.88. The number of anilines is 2. The molecule has 6 nitrogen and oxygen atoms in total. The van der Waals surface area contributed by atoms with Gasteiger partial charge >= 0.3 is 0 Å². The van der Waals surface area contributed by atoms with Crippen molar-refractivity contribution in [1.29, 1.82) is 0 Å². The number of pyridine rings is 1. The highest BCUT2D eigenvalue weighted by Gasteiger charge is 2.21. The molecule has 3 aromatic rings. The Labute approximate surface area is 183 Å². The standard InChI is InChI=1S/C25H27N3O3/c1-18(29)19-4-6-20(7-5-19)25-23(12-13-24(26-25)31-3)28-16-14-27(15-17-28)21-8-10-22(30-2)11-9-21/h4-13H,14-17H2,1-3H3. The lowest BCUT2D eigenvalue weighted by atomic mass is 10.0. The number of hydrogen-bond donors (Lipinski definition) is 0. The summed E-state index contributed by atoms with van der Waals surface area (Å²) >= 11 is 0. The van der Waals surface area contributed by atoms with Gasteiger partial charge in [0.25, 0.3) is 0 Å². The number of ether oxygens (including phenoxy) is 2. The van der Waals surface area contributed by atoms with E-state index in [1.807, 2.05) is 42.5 Å². The van der Waals surface area contributed by atoms with Crippen LogP contribution in [-0.4, -0.2) is 51.2 Å². The third-order valence-corrected chi connectivity index (χ3v) is 5.68. The number of carbonyl (C=O) groups is 1. The first kappa shape index (κ1) is 20.7. The van der Waals surface area contributed by atoms with Gasteiger partial charge in [0.05, 0.1) is 25.6 Å². The van der Waals surface area contributed by atoms with Crippen molar-refractivity contribution in [3.8, 4) is 22.9 Å². The second-order valence-corrected chi connectivity index (χ2v) is 7.53. The normalized spacial score (nSPS) is 13.8. The van der Waals surface area contributed by atoms with Crippen molar-refractivity contribution in [2.45, 2.75) is 6.92 Å². The van der Waals surface area contributed by atoms with Crippen molar-refractivity contribution in [3.63, 3.8) is 0 Å². The highest BCUT2D eigenvalue weighted by molar-refractivity contribution is 5.94. The van der Waals surface area contributed by atoms with Gasteiger partial charge in [-0.25, -0.2) is 4.98 Å². The molecule has 0 bridgehead atoms. The Kier molecular flexibility index (Phi) is 6.07. The number of hydrogen-bond acceptors (Lipinski definition) is 6. The number of methoxy groups -OCH3 is 2. The minimum Gasteiger partial charge on any atom is -0.497 e. The second kappa shape index (κ2) is 9.08. The molecule has 160 valence electrons. The summed E-state index contributed by atoms with van der Waals surface area (Å²) in [5.74, 6) is 1.50. The van der Waals surface area contributed by atoms with E-state index in [4.69, 9.17) is 14.5 Å². The van der Waals surface area contributed by atoms with Crippen LogP contribution in [0.15, 0.2) is 60.7 Å². The van der Waals surface area contributed by atoms with E-state index < -0.39 is 0 Å². The maximum absolute atomic E-state index is 11.6. The van der Waals surface area contributed by atoms with Gasteiger partial charge in [-0.3, -0.25) is 4.79 Å². The van der Waals surface area contributed by atoms with Gasteiger partial charge in [-0.15, -0.1) is 0 Å². The molecule has 0 radical (unpaired) electrons. The third-order valence-electron chi connectivity index (χ3n) is 5.68. The van der Waals surface area contributed by atoms with E-state index in [2.05, 4.69) is 28.0 Å². The van der Waals surface area contributed by atoms with Crippen LogP contribution in [0.1, 0.15) is 17.3 Å². The predicted octanol–water partition coefficient (Wildman–Crippen LogP) is 4.30. The van der Waals surface area contributed by atoms with Crippen molar-refractivity contribution >= 4 is 17.2 Å². The van der Waals surface area contributed by atoms with E-state index in [9.17, 15) is 4.79 Å². The molecule has 1 aliphatic heterocycles. The summed E-state index contributed by atoms with van der Waals surface area (Å²) in [5, 5.41) is 0. The molecule has 0 amide bonds. The van der Waals surface area contributed by atoms with Crippen LogP contribution in [0.2, 0.25) is 0 Å². The number of rotatable bonds is 6. The summed E-state index contributed by atoms with van der Waals surface area (Å²) in [6.45, 7) is 5.19. The van der Waals surface area contributed by atoms with E-state index in [0.717, 1.165) is 48.9 Å². The monoisotopic (exact) mass is 417 g/mol. The molecule has 6 heteroatoms. The number of Topliss-reactive ketones (excluding diaryl/α,β-unsaturated/α-hetero) is 1. The minimum atomic E-state index is 0.0556. The minimum absolute atomic E-state index is 0.0556. The highest BCUT2D eigenvalue weighted by Crippen LogP contribution is 2.33. The molecular formula is C25H27N3O3. The molecule has 31 heavy (non-hydrogen) atoms. The molecule has 0 N–H and O–H groups in total. The number of piperazine rings is 1. The zero-order valence-electron chi connectivity index (χ0n) is 18.2. The van der Waals surface area contributed by atoms with Gasteiger partial charge in [0, 0.05) is 49.1 Å². The van der Waals surface area contributed by atoms with Crippen molar-refractivity contribution < 1.29 is 14.3 Å². The molecule has 0 atom stereocenters. The maximum Gasteiger partial charge on any atom is 0.213 e. The van der Waals surface area contributed by atoms with E-state index in [0.29, 0.717) is 11.4 Å². The van der Waals surface area contributed by atoms with Crippen LogP contribution in [0.4, 0.5) is 11.4 Å². The van der Waals surface area contributed by atoms with Gasteiger partial charge in [0.2, 0.25) is 5.88 Å². The van der Waals surface area contributed by atoms with Crippen molar-refractivity contribution in [1.82, 2.24) is 4.98 Å². The molecule has 1 fully saturated rings. The Balaban J connectivity index is 1.56. The van der Waals surface area contributed by atoms with Gasteiger partial charge < -0.3 is 19.3 Å². The highest BCUT2D eigenvalue weighted by atomic mass is 16.5. The molecule has 0 aliphatic carbocycles. The molecule has 2 aromatic carbocycles. The first-order valence-electron chi connectivity index (χ1n) is 10.4. The van der Waals surface area contributed by atoms with Crippen LogP contribution in [0.3, 0.4) is 0 Å². The Bertz CT molecular complexity index is 1040. The van der Waals surface area contributed by atoms with Crippen LogP contribution in [0.25, 0.3) is 11.3 Å². The molecule has 1 aromatic heterocycles. The third kappa shape index (κ3) is 4.48. The molecule has 1 saturated heterocycles. The second-order valence-electron chi connectivity index (χ2n) is 7.53. The lowest BCUT2D eigenvalue weighted by molar-refractivity contribution is 0.101. The summed E-state index contributed by atoms with van der Waals surface area (Å²) in [4.78, 5) is 21.1. The van der Waals surface area contributed by atoms with Crippen LogP contribution >= 0.6 is 0 Å². The zero-order valence-corrected chi connectivity index (χ0v) is 18.2. The molecular weight excluding hydrogens is 390 g/mol. The number of carbonyl (C=O) groups excluding carboxylic acids is 1. The quantitative estimate of drug-likeness (QED) is 0.558. The molecule has 2 heterocycles. The van der Waals surface area contributed by atoms with Crippen LogP contribution in [0.5, 0.6) is 11.6 Å². The summed E-state index contributed by atoms with van der Waals surface area (Å²) < 4.78 is 10.6. The average molecular weight is 418 g/mol. The van der Waals surface area contributed by atoms with Crippen molar-refractivity contribution in [2.75, 3.05) is 50.2 Å². The lowest BCUT2D eigenvalue weighted by Crippen LogP contribution is -2.46. The molecule has 0 unspecified atom stereocenters. The average Bonchev–Trinajstić information content (AvgIpc) is 2.84. The van der Waals surface area contributed by atoms with Crippen LogP contribution in [0, 0.1) is 0 Å². The van der Waals surface area contributed by atoms with Crippen molar-refractivity contribution in [3.05, 3.63) is 66.2 Å². The van der Waals surface area contributed by atoms with E-state index >= 15 is 0 Å². The largest absolute Gasteiger partial charge is 0.497 e. The number of benzene rings is 2. The maximum atomic E-state index is 11.6. The Hall–Kier alpha value is -3.54. The number of nitrogens with zero attached hydrogens (tertiary/aromatic N) is 3. The fraction of sp³-hybridized carbons (Fsp3) is 0.280. The number of ketones is 1. The zero-order chi connectivity index (χ0) is 21.8. The van der Waals surface area contributed by atoms with E-state index in [1.54, 1.807) is 21.1 Å². The van der Waals surface area contributed by atoms with E-state index in [1.165, 1.54) is 5.69 Å². The number of aromatic nitrogens is 1. The van der Waals surface area contributed by atoms with Crippen LogP contribution in [-0.2, 0) is 0 Å². The topological polar surface area (TPSA) is 54.9 Å². The molecule has 0 spiro atoms. The van der Waals surface area contributed by atoms with Crippen molar-refractivity contribution in [2.24, 2.45) is 0 Å². The predicted molar refractivity (Wildman–Crippen MR) is 124 cm³/mol. The smallest absolute Gasteiger partial charge is 0.213 e. The van der Waals surface area contributed by atoms with E-state index in [-0.39, 0.29) is 5.78 Å². The Morgan fingerprint density at radius 1 is 0.806 bits per heavy atom. The van der Waals surface area contributed by atoms with Gasteiger partial charge in [-0.1, -0.05) is 24.3 Å². The van der Waals surface area contributed by atoms with Gasteiger partial charge in [-0.2, -0.15) is 0 Å². The Morgan fingerprint density at radius 2 is 1.45 bits per heavy atom. The summed E-state index contributed by atoms with van der Waals surface area (Å²) in [7, 11) is 3.31. The SMILES string of the molecule is COc1ccc(N2CCN(c3ccc(OC)nc3-c3ccc(C(C)=O)cc3)CC2)cc1. The Morgan fingerprint density at radius 3 is 2.03 bits per heavy atom. The molecule has 0 saturated carbocycles.